The number of aryl methyl sites for hydroxylation is 1. The first-order valence-electron chi connectivity index (χ1n) is 7.77. The number of anilines is 1. The Labute approximate surface area is 122 Å². The quantitative estimate of drug-likeness (QED) is 0.776. The van der Waals surface area contributed by atoms with E-state index in [1.165, 1.54) is 32.1 Å². The van der Waals surface area contributed by atoms with Gasteiger partial charge in [-0.1, -0.05) is 25.7 Å². The van der Waals surface area contributed by atoms with Gasteiger partial charge in [0.15, 0.2) is 0 Å². The highest BCUT2D eigenvalue weighted by Crippen LogP contribution is 2.28. The zero-order valence-corrected chi connectivity index (χ0v) is 12.7. The molecule has 0 aromatic heterocycles. The maximum Gasteiger partial charge on any atom is 0.251 e. The minimum atomic E-state index is 0.0437. The van der Waals surface area contributed by atoms with E-state index in [-0.39, 0.29) is 5.91 Å². The fraction of sp³-hybridized carbons (Fsp3) is 0.588. The summed E-state index contributed by atoms with van der Waals surface area (Å²) in [7, 11) is 1.89. The molecule has 1 aromatic carbocycles. The topological polar surface area (TPSA) is 41.1 Å². The second kappa shape index (κ2) is 7.32. The van der Waals surface area contributed by atoms with Gasteiger partial charge in [0.05, 0.1) is 0 Å². The van der Waals surface area contributed by atoms with Crippen molar-refractivity contribution >= 4 is 11.6 Å². The van der Waals surface area contributed by atoms with Crippen LogP contribution in [0.25, 0.3) is 0 Å². The molecule has 110 valence electrons. The molecule has 0 saturated heterocycles. The molecule has 1 aliphatic carbocycles. The molecule has 0 bridgehead atoms. The number of nitrogens with one attached hydrogen (secondary N) is 2. The van der Waals surface area contributed by atoms with Gasteiger partial charge in [-0.3, -0.25) is 4.79 Å². The van der Waals surface area contributed by atoms with Gasteiger partial charge in [-0.2, -0.15) is 0 Å². The van der Waals surface area contributed by atoms with E-state index in [0.717, 1.165) is 35.7 Å². The number of hydrogen-bond acceptors (Lipinski definition) is 2. The van der Waals surface area contributed by atoms with Crippen molar-refractivity contribution < 1.29 is 4.79 Å². The van der Waals surface area contributed by atoms with Crippen LogP contribution in [0.4, 0.5) is 5.69 Å². The second-order valence-electron chi connectivity index (χ2n) is 5.83. The summed E-state index contributed by atoms with van der Waals surface area (Å²) in [5.41, 5.74) is 2.93. The van der Waals surface area contributed by atoms with Crippen molar-refractivity contribution in [2.75, 3.05) is 18.9 Å². The largest absolute Gasteiger partial charge is 0.388 e. The van der Waals surface area contributed by atoms with Crippen LogP contribution < -0.4 is 10.6 Å². The maximum absolute atomic E-state index is 12.1. The van der Waals surface area contributed by atoms with Crippen LogP contribution in [0.3, 0.4) is 0 Å². The highest BCUT2D eigenvalue weighted by Gasteiger charge is 2.14. The molecule has 1 saturated carbocycles. The molecule has 3 nitrogen and oxygen atoms in total. The Morgan fingerprint density at radius 2 is 2.05 bits per heavy atom. The van der Waals surface area contributed by atoms with Crippen LogP contribution in [0.15, 0.2) is 18.2 Å². The van der Waals surface area contributed by atoms with E-state index < -0.39 is 0 Å². The predicted molar refractivity (Wildman–Crippen MR) is 84.3 cm³/mol. The van der Waals surface area contributed by atoms with E-state index in [4.69, 9.17) is 0 Å². The van der Waals surface area contributed by atoms with Gasteiger partial charge >= 0.3 is 0 Å². The van der Waals surface area contributed by atoms with E-state index >= 15 is 0 Å². The Morgan fingerprint density at radius 3 is 2.70 bits per heavy atom. The number of amides is 1. The van der Waals surface area contributed by atoms with Crippen LogP contribution in [0, 0.1) is 12.8 Å². The highest BCUT2D eigenvalue weighted by atomic mass is 16.1. The molecule has 2 N–H and O–H groups in total. The number of benzene rings is 1. The van der Waals surface area contributed by atoms with E-state index in [0.29, 0.717) is 0 Å². The van der Waals surface area contributed by atoms with Gasteiger partial charge in [-0.25, -0.2) is 0 Å². The molecule has 0 heterocycles. The smallest absolute Gasteiger partial charge is 0.251 e. The molecule has 1 aliphatic rings. The van der Waals surface area contributed by atoms with E-state index in [9.17, 15) is 4.79 Å². The Kier molecular flexibility index (Phi) is 5.45. The minimum absolute atomic E-state index is 0.0437. The summed E-state index contributed by atoms with van der Waals surface area (Å²) in [6, 6.07) is 5.78. The van der Waals surface area contributed by atoms with Gasteiger partial charge in [0.1, 0.15) is 0 Å². The average Bonchev–Trinajstić information content (AvgIpc) is 2.96. The van der Waals surface area contributed by atoms with Crippen molar-refractivity contribution in [2.24, 2.45) is 5.92 Å². The summed E-state index contributed by atoms with van der Waals surface area (Å²) in [6.45, 7) is 2.81. The minimum Gasteiger partial charge on any atom is -0.388 e. The standard InChI is InChI=1S/C17H26N2O/c1-13-12-15(9-10-16(13)18-2)17(20)19-11-5-8-14-6-3-4-7-14/h9-10,12,14,18H,3-8,11H2,1-2H3,(H,19,20). The first-order valence-corrected chi connectivity index (χ1v) is 7.77. The summed E-state index contributed by atoms with van der Waals surface area (Å²) in [5, 5.41) is 6.14. The van der Waals surface area contributed by atoms with Gasteiger partial charge in [0, 0.05) is 24.8 Å². The number of carbonyl (C=O) groups is 1. The molecule has 2 rings (SSSR count). The predicted octanol–water partition coefficient (Wildman–Crippen LogP) is 3.74. The van der Waals surface area contributed by atoms with Crippen LogP contribution in [-0.4, -0.2) is 19.5 Å². The summed E-state index contributed by atoms with van der Waals surface area (Å²) in [5.74, 6) is 0.950. The van der Waals surface area contributed by atoms with Crippen molar-refractivity contribution in [3.05, 3.63) is 29.3 Å². The Bertz CT molecular complexity index is 450. The Hall–Kier alpha value is -1.51. The maximum atomic E-state index is 12.1. The lowest BCUT2D eigenvalue weighted by molar-refractivity contribution is 0.0952. The molecule has 0 unspecified atom stereocenters. The SMILES string of the molecule is CNc1ccc(C(=O)NCCCC2CCCC2)cc1C. The molecular formula is C17H26N2O. The Morgan fingerprint density at radius 1 is 1.30 bits per heavy atom. The van der Waals surface area contributed by atoms with Crippen molar-refractivity contribution in [1.82, 2.24) is 5.32 Å². The molecule has 0 spiro atoms. The molecule has 20 heavy (non-hydrogen) atoms. The number of carbonyl (C=O) groups excluding carboxylic acids is 1. The van der Waals surface area contributed by atoms with Gasteiger partial charge in [0.2, 0.25) is 0 Å². The first-order chi connectivity index (χ1) is 9.70. The lowest BCUT2D eigenvalue weighted by Gasteiger charge is -2.10. The summed E-state index contributed by atoms with van der Waals surface area (Å²) >= 11 is 0. The van der Waals surface area contributed by atoms with Crippen LogP contribution in [0.2, 0.25) is 0 Å². The van der Waals surface area contributed by atoms with Crippen LogP contribution >= 0.6 is 0 Å². The molecule has 0 aliphatic heterocycles. The van der Waals surface area contributed by atoms with Crippen molar-refractivity contribution in [3.63, 3.8) is 0 Å². The van der Waals surface area contributed by atoms with E-state index in [2.05, 4.69) is 10.6 Å². The summed E-state index contributed by atoms with van der Waals surface area (Å²) < 4.78 is 0. The fourth-order valence-electron chi connectivity index (χ4n) is 3.08. The van der Waals surface area contributed by atoms with Crippen molar-refractivity contribution in [3.8, 4) is 0 Å². The van der Waals surface area contributed by atoms with Gasteiger partial charge in [0.25, 0.3) is 5.91 Å². The van der Waals surface area contributed by atoms with Gasteiger partial charge in [-0.05, 0) is 49.4 Å². The molecule has 1 amide bonds. The molecule has 0 radical (unpaired) electrons. The highest BCUT2D eigenvalue weighted by molar-refractivity contribution is 5.94. The molecule has 1 aromatic rings. The zero-order chi connectivity index (χ0) is 14.4. The van der Waals surface area contributed by atoms with Crippen LogP contribution in [0.5, 0.6) is 0 Å². The third-order valence-corrected chi connectivity index (χ3v) is 4.31. The third-order valence-electron chi connectivity index (χ3n) is 4.31. The monoisotopic (exact) mass is 274 g/mol. The van der Waals surface area contributed by atoms with E-state index in [1.807, 2.05) is 32.2 Å². The number of hydrogen-bond donors (Lipinski definition) is 2. The summed E-state index contributed by atoms with van der Waals surface area (Å²) in [4.78, 5) is 12.1. The number of rotatable bonds is 6. The normalized spacial score (nSPS) is 15.3. The second-order valence-corrected chi connectivity index (χ2v) is 5.83. The van der Waals surface area contributed by atoms with Gasteiger partial charge in [-0.15, -0.1) is 0 Å². The zero-order valence-electron chi connectivity index (χ0n) is 12.7. The van der Waals surface area contributed by atoms with Crippen molar-refractivity contribution in [1.29, 1.82) is 0 Å². The van der Waals surface area contributed by atoms with Crippen LogP contribution in [-0.2, 0) is 0 Å². The lowest BCUT2D eigenvalue weighted by Crippen LogP contribution is -2.24. The molecule has 0 atom stereocenters. The average molecular weight is 274 g/mol. The Balaban J connectivity index is 1.75. The first kappa shape index (κ1) is 14.9. The fourth-order valence-corrected chi connectivity index (χ4v) is 3.08. The van der Waals surface area contributed by atoms with Crippen LogP contribution in [0.1, 0.15) is 54.4 Å². The third kappa shape index (κ3) is 3.99. The van der Waals surface area contributed by atoms with Crippen molar-refractivity contribution in [2.45, 2.75) is 45.4 Å². The molecule has 3 heteroatoms. The molecular weight excluding hydrogens is 248 g/mol. The lowest BCUT2D eigenvalue weighted by atomic mass is 10.0. The molecule has 1 fully saturated rings. The van der Waals surface area contributed by atoms with Gasteiger partial charge < -0.3 is 10.6 Å². The van der Waals surface area contributed by atoms with E-state index in [1.54, 1.807) is 0 Å². The summed E-state index contributed by atoms with van der Waals surface area (Å²) in [6.07, 6.45) is 7.93.